The number of halogens is 2. The fraction of sp³-hybridized carbons (Fsp3) is 0.455. The molecule has 2 rings (SSSR count). The molecule has 0 aliphatic heterocycles. The Morgan fingerprint density at radius 3 is 2.86 bits per heavy atom. The Morgan fingerprint density at radius 1 is 1.50 bits per heavy atom. The van der Waals surface area contributed by atoms with Gasteiger partial charge in [0.05, 0.1) is 6.10 Å². The summed E-state index contributed by atoms with van der Waals surface area (Å²) in [7, 11) is 0. The van der Waals surface area contributed by atoms with Crippen LogP contribution in [0.5, 0.6) is 0 Å². The van der Waals surface area contributed by atoms with Gasteiger partial charge in [-0.1, -0.05) is 28.8 Å². The summed E-state index contributed by atoms with van der Waals surface area (Å²) in [6.07, 6.45) is 2.61. The maximum Gasteiger partial charge on any atom is 0.123 e. The zero-order valence-electron chi connectivity index (χ0n) is 7.71. The van der Waals surface area contributed by atoms with Crippen molar-refractivity contribution in [2.24, 2.45) is 5.92 Å². The van der Waals surface area contributed by atoms with Crippen molar-refractivity contribution in [1.82, 2.24) is 0 Å². The Hall–Kier alpha value is -0.410. The van der Waals surface area contributed by atoms with Crippen LogP contribution in [-0.4, -0.2) is 5.11 Å². The van der Waals surface area contributed by atoms with E-state index in [4.69, 9.17) is 0 Å². The Balaban J connectivity index is 2.15. The first-order valence-electron chi connectivity index (χ1n) is 4.80. The van der Waals surface area contributed by atoms with Gasteiger partial charge in [0.1, 0.15) is 5.82 Å². The van der Waals surface area contributed by atoms with E-state index in [1.165, 1.54) is 25.0 Å². The Bertz CT molecular complexity index is 336. The highest BCUT2D eigenvalue weighted by Crippen LogP contribution is 2.39. The first-order valence-corrected chi connectivity index (χ1v) is 5.59. The van der Waals surface area contributed by atoms with Crippen molar-refractivity contribution in [3.05, 3.63) is 34.1 Å². The molecule has 1 aromatic carbocycles. The zero-order chi connectivity index (χ0) is 10.1. The standard InChI is InChI=1S/C11H12BrFO/c12-10-4-3-8(13)6-9(10)11(14)5-7-1-2-7/h3-4,6-7,11,14H,1-2,5H2/t11-/m0/s1. The van der Waals surface area contributed by atoms with E-state index < -0.39 is 6.10 Å². The summed E-state index contributed by atoms with van der Waals surface area (Å²) in [5.74, 6) is 0.346. The quantitative estimate of drug-likeness (QED) is 0.881. The highest BCUT2D eigenvalue weighted by Gasteiger charge is 2.26. The van der Waals surface area contributed by atoms with Gasteiger partial charge in [-0.15, -0.1) is 0 Å². The molecular weight excluding hydrogens is 247 g/mol. The van der Waals surface area contributed by atoms with Gasteiger partial charge >= 0.3 is 0 Å². The van der Waals surface area contributed by atoms with Crippen molar-refractivity contribution in [2.75, 3.05) is 0 Å². The van der Waals surface area contributed by atoms with Crippen LogP contribution in [0.3, 0.4) is 0 Å². The molecule has 1 fully saturated rings. The lowest BCUT2D eigenvalue weighted by Crippen LogP contribution is -2.00. The van der Waals surface area contributed by atoms with Gasteiger partial charge in [-0.25, -0.2) is 4.39 Å². The molecule has 1 atom stereocenters. The zero-order valence-corrected chi connectivity index (χ0v) is 9.30. The summed E-state index contributed by atoms with van der Waals surface area (Å²) < 4.78 is 13.7. The summed E-state index contributed by atoms with van der Waals surface area (Å²) in [5.41, 5.74) is 0.664. The molecule has 1 aliphatic carbocycles. The third-order valence-corrected chi connectivity index (χ3v) is 3.29. The van der Waals surface area contributed by atoms with Gasteiger partial charge in [0.2, 0.25) is 0 Å². The molecule has 3 heteroatoms. The van der Waals surface area contributed by atoms with Gasteiger partial charge in [0, 0.05) is 4.47 Å². The summed E-state index contributed by atoms with van der Waals surface area (Å²) in [5, 5.41) is 9.84. The largest absolute Gasteiger partial charge is 0.388 e. The molecule has 76 valence electrons. The van der Waals surface area contributed by atoms with Crippen LogP contribution in [0.1, 0.15) is 30.9 Å². The van der Waals surface area contributed by atoms with E-state index in [1.807, 2.05) is 0 Å². The van der Waals surface area contributed by atoms with E-state index >= 15 is 0 Å². The monoisotopic (exact) mass is 258 g/mol. The van der Waals surface area contributed by atoms with Crippen molar-refractivity contribution in [2.45, 2.75) is 25.4 Å². The smallest absolute Gasteiger partial charge is 0.123 e. The van der Waals surface area contributed by atoms with E-state index in [9.17, 15) is 9.50 Å². The Labute approximate surface area is 91.1 Å². The molecule has 0 bridgehead atoms. The predicted molar refractivity (Wildman–Crippen MR) is 56.4 cm³/mol. The first kappa shape index (κ1) is 10.1. The van der Waals surface area contributed by atoms with E-state index in [1.54, 1.807) is 6.07 Å². The first-order chi connectivity index (χ1) is 6.66. The lowest BCUT2D eigenvalue weighted by molar-refractivity contribution is 0.159. The number of hydrogen-bond acceptors (Lipinski definition) is 1. The average Bonchev–Trinajstić information content (AvgIpc) is 2.93. The van der Waals surface area contributed by atoms with Gasteiger partial charge in [-0.05, 0) is 36.1 Å². The molecule has 0 spiro atoms. The molecule has 1 N–H and O–H groups in total. The van der Waals surface area contributed by atoms with Gasteiger partial charge in [-0.2, -0.15) is 0 Å². The Kier molecular flexibility index (Phi) is 2.88. The van der Waals surface area contributed by atoms with E-state index in [-0.39, 0.29) is 5.82 Å². The average molecular weight is 259 g/mol. The van der Waals surface area contributed by atoms with Crippen molar-refractivity contribution < 1.29 is 9.50 Å². The van der Waals surface area contributed by atoms with Crippen molar-refractivity contribution >= 4 is 15.9 Å². The van der Waals surface area contributed by atoms with Crippen LogP contribution < -0.4 is 0 Å². The lowest BCUT2D eigenvalue weighted by Gasteiger charge is -2.12. The molecule has 0 aromatic heterocycles. The van der Waals surface area contributed by atoms with Crippen LogP contribution in [-0.2, 0) is 0 Å². The minimum atomic E-state index is -0.535. The molecule has 1 aromatic rings. The number of aliphatic hydroxyl groups is 1. The molecule has 0 heterocycles. The number of aliphatic hydroxyl groups excluding tert-OH is 1. The second-order valence-electron chi connectivity index (χ2n) is 3.86. The maximum atomic E-state index is 12.9. The Morgan fingerprint density at radius 2 is 2.21 bits per heavy atom. The third kappa shape index (κ3) is 2.34. The highest BCUT2D eigenvalue weighted by atomic mass is 79.9. The fourth-order valence-corrected chi connectivity index (χ4v) is 2.08. The molecule has 1 aliphatic rings. The molecule has 1 saturated carbocycles. The molecule has 0 unspecified atom stereocenters. The van der Waals surface area contributed by atoms with Crippen LogP contribution in [0, 0.1) is 11.7 Å². The van der Waals surface area contributed by atoms with E-state index in [2.05, 4.69) is 15.9 Å². The minimum absolute atomic E-state index is 0.293. The lowest BCUT2D eigenvalue weighted by atomic mass is 10.0. The molecular formula is C11H12BrFO. The normalized spacial score (nSPS) is 18.2. The molecule has 14 heavy (non-hydrogen) atoms. The number of rotatable bonds is 3. The molecule has 0 amide bonds. The van der Waals surface area contributed by atoms with Gasteiger partial charge < -0.3 is 5.11 Å². The topological polar surface area (TPSA) is 20.2 Å². The molecule has 0 saturated heterocycles. The van der Waals surface area contributed by atoms with Gasteiger partial charge in [0.25, 0.3) is 0 Å². The van der Waals surface area contributed by atoms with Crippen molar-refractivity contribution in [3.8, 4) is 0 Å². The van der Waals surface area contributed by atoms with Gasteiger partial charge in [-0.3, -0.25) is 0 Å². The van der Waals surface area contributed by atoms with Crippen molar-refractivity contribution in [1.29, 1.82) is 0 Å². The van der Waals surface area contributed by atoms with Crippen LogP contribution in [0.2, 0.25) is 0 Å². The SMILES string of the molecule is O[C@@H](CC1CC1)c1cc(F)ccc1Br. The number of hydrogen-bond donors (Lipinski definition) is 1. The number of benzene rings is 1. The van der Waals surface area contributed by atoms with Crippen LogP contribution in [0.25, 0.3) is 0 Å². The van der Waals surface area contributed by atoms with Crippen molar-refractivity contribution in [3.63, 3.8) is 0 Å². The minimum Gasteiger partial charge on any atom is -0.388 e. The summed E-state index contributed by atoms with van der Waals surface area (Å²) in [6, 6.07) is 4.43. The fourth-order valence-electron chi connectivity index (χ4n) is 1.57. The summed E-state index contributed by atoms with van der Waals surface area (Å²) >= 11 is 3.31. The second kappa shape index (κ2) is 3.99. The van der Waals surface area contributed by atoms with E-state index in [0.29, 0.717) is 11.5 Å². The molecule has 0 radical (unpaired) electrons. The van der Waals surface area contributed by atoms with Gasteiger partial charge in [0.15, 0.2) is 0 Å². The van der Waals surface area contributed by atoms with E-state index in [0.717, 1.165) is 10.9 Å². The second-order valence-corrected chi connectivity index (χ2v) is 4.72. The van der Waals surface area contributed by atoms with Crippen LogP contribution in [0.15, 0.2) is 22.7 Å². The van der Waals surface area contributed by atoms with Crippen LogP contribution >= 0.6 is 15.9 Å². The predicted octanol–water partition coefficient (Wildman–Crippen LogP) is 3.42. The van der Waals surface area contributed by atoms with Crippen LogP contribution in [0.4, 0.5) is 4.39 Å². The summed E-state index contributed by atoms with van der Waals surface area (Å²) in [4.78, 5) is 0. The molecule has 1 nitrogen and oxygen atoms in total. The summed E-state index contributed by atoms with van der Waals surface area (Å²) in [6.45, 7) is 0. The highest BCUT2D eigenvalue weighted by molar-refractivity contribution is 9.10. The third-order valence-electron chi connectivity index (χ3n) is 2.57. The maximum absolute atomic E-state index is 12.9.